The smallest absolute Gasteiger partial charge is 0.360 e. The quantitative estimate of drug-likeness (QED) is 0.808. The molecule has 0 amide bonds. The average molecular weight is 233 g/mol. The van der Waals surface area contributed by atoms with Crippen LogP contribution in [-0.4, -0.2) is 35.6 Å². The van der Waals surface area contributed by atoms with E-state index in [1.54, 1.807) is 19.2 Å². The number of nitrogens with zero attached hydrogens (tertiary/aromatic N) is 2. The predicted octanol–water partition coefficient (Wildman–Crippen LogP) is 1.27. The molecule has 0 saturated carbocycles. The van der Waals surface area contributed by atoms with Crippen LogP contribution in [0.3, 0.4) is 0 Å². The minimum absolute atomic E-state index is 0.136. The molecule has 0 aliphatic heterocycles. The average Bonchev–Trinajstić information content (AvgIpc) is 2.86. The number of methoxy groups -OCH3 is 2. The Kier molecular flexibility index (Phi) is 3.04. The highest BCUT2D eigenvalue weighted by molar-refractivity contribution is 5.94. The predicted molar refractivity (Wildman–Crippen MR) is 59.7 cm³/mol. The Morgan fingerprint density at radius 1 is 1.24 bits per heavy atom. The Labute approximate surface area is 97.6 Å². The third kappa shape index (κ3) is 1.96. The molecule has 0 unspecified atom stereocenters. The van der Waals surface area contributed by atoms with Crippen molar-refractivity contribution in [1.29, 1.82) is 0 Å². The second-order valence-electron chi connectivity index (χ2n) is 3.21. The van der Waals surface area contributed by atoms with Crippen molar-refractivity contribution in [3.05, 3.63) is 30.0 Å². The molecule has 17 heavy (non-hydrogen) atoms. The monoisotopic (exact) mass is 233 g/mol. The highest BCUT2D eigenvalue weighted by atomic mass is 16.5. The maximum Gasteiger partial charge on any atom is 0.360 e. The van der Waals surface area contributed by atoms with Crippen molar-refractivity contribution in [3.63, 3.8) is 0 Å². The molecule has 0 aliphatic carbocycles. The summed E-state index contributed by atoms with van der Waals surface area (Å²) in [5.41, 5.74) is 1.23. The van der Waals surface area contributed by atoms with Crippen LogP contribution in [0, 0.1) is 0 Å². The lowest BCUT2D eigenvalue weighted by Crippen LogP contribution is -2.04. The van der Waals surface area contributed by atoms with Crippen molar-refractivity contribution in [2.24, 2.45) is 0 Å². The number of para-hydroxylation sites is 1. The van der Waals surface area contributed by atoms with Gasteiger partial charge in [0.25, 0.3) is 0 Å². The zero-order valence-electron chi connectivity index (χ0n) is 9.43. The maximum absolute atomic E-state index is 11.5. The van der Waals surface area contributed by atoms with Gasteiger partial charge < -0.3 is 9.47 Å². The highest BCUT2D eigenvalue weighted by Crippen LogP contribution is 2.29. The Balaban J connectivity index is 2.53. The van der Waals surface area contributed by atoms with Gasteiger partial charge in [0.15, 0.2) is 5.69 Å². The van der Waals surface area contributed by atoms with Crippen molar-refractivity contribution in [3.8, 4) is 17.0 Å². The number of aromatic nitrogens is 3. The van der Waals surface area contributed by atoms with Crippen LogP contribution in [0.4, 0.5) is 0 Å². The summed E-state index contributed by atoms with van der Waals surface area (Å²) >= 11 is 0. The van der Waals surface area contributed by atoms with E-state index < -0.39 is 5.97 Å². The first-order valence-electron chi connectivity index (χ1n) is 4.90. The first kappa shape index (κ1) is 11.1. The molecular weight excluding hydrogens is 222 g/mol. The van der Waals surface area contributed by atoms with Crippen molar-refractivity contribution in [2.45, 2.75) is 0 Å². The fourth-order valence-corrected chi connectivity index (χ4v) is 1.50. The van der Waals surface area contributed by atoms with Gasteiger partial charge in [-0.3, -0.25) is 0 Å². The second-order valence-corrected chi connectivity index (χ2v) is 3.21. The molecule has 0 spiro atoms. The SMILES string of the molecule is COC(=O)c1n[nH]nc1-c1ccccc1OC. The summed E-state index contributed by atoms with van der Waals surface area (Å²) in [5.74, 6) is 0.0752. The third-order valence-electron chi connectivity index (χ3n) is 2.29. The van der Waals surface area contributed by atoms with Gasteiger partial charge >= 0.3 is 5.97 Å². The summed E-state index contributed by atoms with van der Waals surface area (Å²) in [6, 6.07) is 7.24. The molecule has 6 nitrogen and oxygen atoms in total. The fraction of sp³-hybridized carbons (Fsp3) is 0.182. The number of aromatic amines is 1. The van der Waals surface area contributed by atoms with E-state index in [1.807, 2.05) is 12.1 Å². The topological polar surface area (TPSA) is 77.1 Å². The third-order valence-corrected chi connectivity index (χ3v) is 2.29. The summed E-state index contributed by atoms with van der Waals surface area (Å²) in [5, 5.41) is 10.1. The molecule has 0 bridgehead atoms. The van der Waals surface area contributed by atoms with E-state index in [0.717, 1.165) is 0 Å². The number of carbonyl (C=O) groups excluding carboxylic acids is 1. The second kappa shape index (κ2) is 4.65. The number of H-pyrrole nitrogens is 1. The van der Waals surface area contributed by atoms with Gasteiger partial charge in [-0.05, 0) is 12.1 Å². The number of hydrogen-bond acceptors (Lipinski definition) is 5. The van der Waals surface area contributed by atoms with Crippen LogP contribution in [0.15, 0.2) is 24.3 Å². The molecule has 0 atom stereocenters. The normalized spacial score (nSPS) is 10.0. The summed E-state index contributed by atoms with van der Waals surface area (Å²) in [7, 11) is 2.85. The lowest BCUT2D eigenvalue weighted by atomic mass is 10.1. The van der Waals surface area contributed by atoms with Crippen LogP contribution in [0.2, 0.25) is 0 Å². The molecule has 2 aromatic rings. The van der Waals surface area contributed by atoms with Gasteiger partial charge in [0.2, 0.25) is 0 Å². The van der Waals surface area contributed by atoms with Crippen LogP contribution in [-0.2, 0) is 4.74 Å². The van der Waals surface area contributed by atoms with Crippen LogP contribution >= 0.6 is 0 Å². The number of nitrogens with one attached hydrogen (secondary N) is 1. The summed E-state index contributed by atoms with van der Waals surface area (Å²) in [4.78, 5) is 11.5. The van der Waals surface area contributed by atoms with Gasteiger partial charge in [0.1, 0.15) is 11.4 Å². The van der Waals surface area contributed by atoms with Crippen LogP contribution < -0.4 is 4.74 Å². The van der Waals surface area contributed by atoms with E-state index in [0.29, 0.717) is 17.0 Å². The first-order valence-corrected chi connectivity index (χ1v) is 4.90. The summed E-state index contributed by atoms with van der Waals surface area (Å²) in [6.07, 6.45) is 0. The Hall–Kier alpha value is -2.37. The zero-order chi connectivity index (χ0) is 12.3. The molecule has 6 heteroatoms. The molecule has 2 rings (SSSR count). The number of esters is 1. The Morgan fingerprint density at radius 3 is 2.71 bits per heavy atom. The molecule has 88 valence electrons. The molecule has 0 fully saturated rings. The molecular formula is C11H11N3O3. The largest absolute Gasteiger partial charge is 0.496 e. The molecule has 1 N–H and O–H groups in total. The van der Waals surface area contributed by atoms with Crippen molar-refractivity contribution in [2.75, 3.05) is 14.2 Å². The molecule has 0 radical (unpaired) electrons. The summed E-state index contributed by atoms with van der Waals surface area (Å²) < 4.78 is 9.83. The van der Waals surface area contributed by atoms with Gasteiger partial charge in [-0.15, -0.1) is 5.10 Å². The summed E-state index contributed by atoms with van der Waals surface area (Å²) in [6.45, 7) is 0. The van der Waals surface area contributed by atoms with E-state index in [4.69, 9.17) is 4.74 Å². The molecule has 0 saturated heterocycles. The standard InChI is InChI=1S/C11H11N3O3/c1-16-8-6-4-3-5-7(8)9-10(11(15)17-2)13-14-12-9/h3-6H,1-2H3,(H,12,13,14). The zero-order valence-corrected chi connectivity index (χ0v) is 9.43. The number of ether oxygens (including phenoxy) is 2. The molecule has 1 heterocycles. The van der Waals surface area contributed by atoms with Crippen LogP contribution in [0.25, 0.3) is 11.3 Å². The van der Waals surface area contributed by atoms with Gasteiger partial charge in [-0.2, -0.15) is 10.3 Å². The Morgan fingerprint density at radius 2 is 2.00 bits per heavy atom. The van der Waals surface area contributed by atoms with E-state index in [9.17, 15) is 4.79 Å². The minimum atomic E-state index is -0.542. The fourth-order valence-electron chi connectivity index (χ4n) is 1.50. The van der Waals surface area contributed by atoms with E-state index >= 15 is 0 Å². The molecule has 1 aromatic heterocycles. The van der Waals surface area contributed by atoms with Crippen LogP contribution in [0.5, 0.6) is 5.75 Å². The van der Waals surface area contributed by atoms with E-state index in [2.05, 4.69) is 20.1 Å². The van der Waals surface area contributed by atoms with E-state index in [-0.39, 0.29) is 5.69 Å². The van der Waals surface area contributed by atoms with Crippen LogP contribution in [0.1, 0.15) is 10.5 Å². The lowest BCUT2D eigenvalue weighted by Gasteiger charge is -2.05. The molecule has 1 aromatic carbocycles. The lowest BCUT2D eigenvalue weighted by molar-refractivity contribution is 0.0595. The van der Waals surface area contributed by atoms with Gasteiger partial charge in [-0.25, -0.2) is 4.79 Å². The maximum atomic E-state index is 11.5. The van der Waals surface area contributed by atoms with Gasteiger partial charge in [0, 0.05) is 5.56 Å². The Bertz CT molecular complexity index is 536. The number of carbonyl (C=O) groups is 1. The van der Waals surface area contributed by atoms with Gasteiger partial charge in [-0.1, -0.05) is 12.1 Å². The highest BCUT2D eigenvalue weighted by Gasteiger charge is 2.20. The minimum Gasteiger partial charge on any atom is -0.496 e. The molecule has 0 aliphatic rings. The number of rotatable bonds is 3. The van der Waals surface area contributed by atoms with Gasteiger partial charge in [0.05, 0.1) is 14.2 Å². The van der Waals surface area contributed by atoms with Crippen molar-refractivity contribution in [1.82, 2.24) is 15.4 Å². The van der Waals surface area contributed by atoms with Crippen molar-refractivity contribution >= 4 is 5.97 Å². The first-order chi connectivity index (χ1) is 8.27. The number of benzene rings is 1. The number of hydrogen-bond donors (Lipinski definition) is 1. The van der Waals surface area contributed by atoms with Crippen molar-refractivity contribution < 1.29 is 14.3 Å². The van der Waals surface area contributed by atoms with E-state index in [1.165, 1.54) is 7.11 Å².